The van der Waals surface area contributed by atoms with Crippen molar-refractivity contribution < 1.29 is 24.1 Å². The zero-order valence-electron chi connectivity index (χ0n) is 15.3. The Kier molecular flexibility index (Phi) is 2.86. The third-order valence-corrected chi connectivity index (χ3v) is 7.72. The van der Waals surface area contributed by atoms with Gasteiger partial charge in [-0.15, -0.1) is 0 Å². The minimum atomic E-state index is -0.837. The summed E-state index contributed by atoms with van der Waals surface area (Å²) in [6.45, 7) is 2.09. The Morgan fingerprint density at radius 3 is 2.77 bits per heavy atom. The van der Waals surface area contributed by atoms with Crippen LogP contribution in [0.15, 0.2) is 12.1 Å². The average Bonchev–Trinajstić information content (AvgIpc) is 3.24. The number of aliphatic hydroxyl groups is 1. The van der Waals surface area contributed by atoms with Crippen LogP contribution in [0.5, 0.6) is 11.5 Å². The molecule has 6 rings (SSSR count). The molecule has 3 aliphatic heterocycles. The van der Waals surface area contributed by atoms with Crippen LogP contribution in [0.25, 0.3) is 0 Å². The maximum Gasteiger partial charge on any atom is 0.207 e. The van der Waals surface area contributed by atoms with Crippen LogP contribution < -0.4 is 9.47 Å². The van der Waals surface area contributed by atoms with E-state index in [9.17, 15) is 5.11 Å². The Hall–Kier alpha value is -1.34. The van der Waals surface area contributed by atoms with Gasteiger partial charge in [0.05, 0.1) is 31.3 Å². The van der Waals surface area contributed by atoms with Gasteiger partial charge in [0, 0.05) is 18.0 Å². The highest BCUT2D eigenvalue weighted by molar-refractivity contribution is 5.63. The second kappa shape index (κ2) is 4.73. The molecule has 2 saturated heterocycles. The first-order valence-corrected chi connectivity index (χ1v) is 9.63. The summed E-state index contributed by atoms with van der Waals surface area (Å²) in [5.74, 6) is 0.767. The van der Waals surface area contributed by atoms with E-state index < -0.39 is 16.8 Å². The summed E-state index contributed by atoms with van der Waals surface area (Å²) >= 11 is 0. The predicted molar refractivity (Wildman–Crippen MR) is 92.6 cm³/mol. The molecule has 2 aliphatic carbocycles. The van der Waals surface area contributed by atoms with Gasteiger partial charge in [0.2, 0.25) is 5.79 Å². The molecule has 0 aromatic heterocycles. The molecule has 1 aromatic carbocycles. The maximum absolute atomic E-state index is 12.1. The largest absolute Gasteiger partial charge is 0.493 e. The van der Waals surface area contributed by atoms with Crippen LogP contribution in [0.4, 0.5) is 0 Å². The van der Waals surface area contributed by atoms with E-state index >= 15 is 0 Å². The third kappa shape index (κ3) is 1.48. The lowest BCUT2D eigenvalue weighted by Crippen LogP contribution is -2.79. The Labute approximate surface area is 153 Å². The monoisotopic (exact) mass is 359 g/mol. The molecular weight excluding hydrogens is 334 g/mol. The van der Waals surface area contributed by atoms with Crippen LogP contribution in [-0.2, 0) is 21.3 Å². The predicted octanol–water partition coefficient (Wildman–Crippen LogP) is 1.22. The van der Waals surface area contributed by atoms with Crippen LogP contribution >= 0.6 is 0 Å². The first kappa shape index (κ1) is 15.7. The van der Waals surface area contributed by atoms with Crippen LogP contribution in [0.3, 0.4) is 0 Å². The lowest BCUT2D eigenvalue weighted by atomic mass is 9.48. The Bertz CT molecular complexity index is 791. The molecule has 1 saturated carbocycles. The van der Waals surface area contributed by atoms with Gasteiger partial charge in [-0.05, 0) is 44.5 Å². The van der Waals surface area contributed by atoms with Crippen LogP contribution in [0, 0.1) is 0 Å². The molecule has 6 nitrogen and oxygen atoms in total. The molecule has 0 radical (unpaired) electrons. The number of methoxy groups -OCH3 is 1. The van der Waals surface area contributed by atoms with Crippen LogP contribution in [0.1, 0.15) is 30.4 Å². The van der Waals surface area contributed by atoms with Gasteiger partial charge in [0.1, 0.15) is 0 Å². The van der Waals surface area contributed by atoms with Gasteiger partial charge in [0.25, 0.3) is 0 Å². The molecule has 3 fully saturated rings. The fraction of sp³-hybridized carbons (Fsp3) is 0.700. The smallest absolute Gasteiger partial charge is 0.207 e. The van der Waals surface area contributed by atoms with Gasteiger partial charge in [-0.25, -0.2) is 0 Å². The third-order valence-electron chi connectivity index (χ3n) is 7.72. The zero-order chi connectivity index (χ0) is 17.7. The molecule has 0 amide bonds. The zero-order valence-corrected chi connectivity index (χ0v) is 15.3. The van der Waals surface area contributed by atoms with Crippen molar-refractivity contribution in [3.05, 3.63) is 23.3 Å². The molecule has 1 N–H and O–H groups in total. The molecular formula is C20H25NO5. The highest BCUT2D eigenvalue weighted by Crippen LogP contribution is 2.67. The summed E-state index contributed by atoms with van der Waals surface area (Å²) in [7, 11) is 3.80. The summed E-state index contributed by atoms with van der Waals surface area (Å²) in [4.78, 5) is 2.32. The molecule has 1 aromatic rings. The van der Waals surface area contributed by atoms with E-state index in [1.165, 1.54) is 5.56 Å². The molecule has 6 heteroatoms. The van der Waals surface area contributed by atoms with Crippen molar-refractivity contribution in [2.75, 3.05) is 33.9 Å². The normalized spacial score (nSPS) is 41.8. The highest BCUT2D eigenvalue weighted by atomic mass is 16.8. The second-order valence-electron chi connectivity index (χ2n) is 8.48. The van der Waals surface area contributed by atoms with E-state index in [0.29, 0.717) is 26.1 Å². The fourth-order valence-electron chi connectivity index (χ4n) is 6.63. The number of fused-ring (bicyclic) bond motifs is 1. The van der Waals surface area contributed by atoms with E-state index in [4.69, 9.17) is 18.9 Å². The first-order valence-electron chi connectivity index (χ1n) is 9.63. The minimum Gasteiger partial charge on any atom is -0.493 e. The Morgan fingerprint density at radius 1 is 1.19 bits per heavy atom. The number of benzene rings is 1. The molecule has 2 spiro atoms. The van der Waals surface area contributed by atoms with Gasteiger partial charge in [-0.2, -0.15) is 0 Å². The number of likely N-dealkylation sites (tertiary alicyclic amines) is 1. The summed E-state index contributed by atoms with van der Waals surface area (Å²) in [6.07, 6.45) is 2.66. The van der Waals surface area contributed by atoms with E-state index in [0.717, 1.165) is 36.4 Å². The van der Waals surface area contributed by atoms with Crippen molar-refractivity contribution in [3.63, 3.8) is 0 Å². The van der Waals surface area contributed by atoms with E-state index in [1.54, 1.807) is 7.11 Å². The number of nitrogens with zero attached hydrogens (tertiary/aromatic N) is 1. The average molecular weight is 359 g/mol. The van der Waals surface area contributed by atoms with Crippen molar-refractivity contribution in [3.8, 4) is 11.5 Å². The Balaban J connectivity index is 1.66. The van der Waals surface area contributed by atoms with Crippen LogP contribution in [0.2, 0.25) is 0 Å². The fourth-order valence-corrected chi connectivity index (χ4v) is 6.63. The number of ether oxygens (including phenoxy) is 4. The lowest BCUT2D eigenvalue weighted by Gasteiger charge is -2.64. The Morgan fingerprint density at radius 2 is 2.00 bits per heavy atom. The van der Waals surface area contributed by atoms with E-state index in [1.807, 2.05) is 6.07 Å². The SMILES string of the molecule is COc1ccc2c3c1O[C@H]1C4(CCC5(O)[C@@H](C2)N(C)CC[C@]315)OCCO4. The van der Waals surface area contributed by atoms with Gasteiger partial charge in [-0.3, -0.25) is 0 Å². The molecule has 4 atom stereocenters. The molecule has 1 unspecified atom stereocenters. The summed E-state index contributed by atoms with van der Waals surface area (Å²) in [6, 6.07) is 4.23. The topological polar surface area (TPSA) is 60.4 Å². The minimum absolute atomic E-state index is 0.0907. The molecule has 3 heterocycles. The maximum atomic E-state index is 12.1. The van der Waals surface area contributed by atoms with Gasteiger partial charge < -0.3 is 29.0 Å². The summed E-state index contributed by atoms with van der Waals surface area (Å²) < 4.78 is 24.5. The van der Waals surface area contributed by atoms with E-state index in [2.05, 4.69) is 18.0 Å². The van der Waals surface area contributed by atoms with Gasteiger partial charge >= 0.3 is 0 Å². The van der Waals surface area contributed by atoms with Crippen molar-refractivity contribution in [2.45, 2.75) is 54.6 Å². The molecule has 26 heavy (non-hydrogen) atoms. The molecule has 5 aliphatic rings. The molecule has 140 valence electrons. The standard InChI is InChI=1S/C20H25NO5/c1-21-8-7-18-15-12-3-4-13(23-2)16(15)26-17(18)20(24-9-10-25-20)6-5-19(18,22)14(21)11-12/h3-4,14,17,22H,5-11H2,1-2H3/t14-,17-,18+,19?/m1/s1. The van der Waals surface area contributed by atoms with Crippen molar-refractivity contribution in [1.82, 2.24) is 4.90 Å². The number of likely N-dealkylation sites (N-methyl/N-ethyl adjacent to an activating group) is 1. The van der Waals surface area contributed by atoms with E-state index in [-0.39, 0.29) is 12.1 Å². The number of piperidine rings is 1. The summed E-state index contributed by atoms with van der Waals surface area (Å²) in [5, 5.41) is 12.1. The summed E-state index contributed by atoms with van der Waals surface area (Å²) in [5.41, 5.74) is 1.08. The number of hydrogen-bond donors (Lipinski definition) is 1. The quantitative estimate of drug-likeness (QED) is 0.814. The second-order valence-corrected chi connectivity index (χ2v) is 8.48. The first-order chi connectivity index (χ1) is 12.6. The van der Waals surface area contributed by atoms with Crippen LogP contribution in [-0.4, -0.2) is 67.5 Å². The van der Waals surface area contributed by atoms with Gasteiger partial charge in [0.15, 0.2) is 17.6 Å². The lowest BCUT2D eigenvalue weighted by molar-refractivity contribution is -0.295. The van der Waals surface area contributed by atoms with Crippen molar-refractivity contribution in [1.29, 1.82) is 0 Å². The number of hydrogen-bond acceptors (Lipinski definition) is 6. The van der Waals surface area contributed by atoms with Gasteiger partial charge in [-0.1, -0.05) is 6.07 Å². The highest BCUT2D eigenvalue weighted by Gasteiger charge is 2.77. The van der Waals surface area contributed by atoms with Crippen molar-refractivity contribution >= 4 is 0 Å². The van der Waals surface area contributed by atoms with Crippen molar-refractivity contribution in [2.24, 2.45) is 0 Å². The number of rotatable bonds is 1. The molecule has 2 bridgehead atoms.